The largest absolute Gasteiger partial charge is 0.497 e. The molecule has 0 aromatic heterocycles. The third kappa shape index (κ3) is 5.90. The minimum atomic E-state index is 0.145. The molecule has 0 spiro atoms. The van der Waals surface area contributed by atoms with Gasteiger partial charge in [-0.15, -0.1) is 0 Å². The summed E-state index contributed by atoms with van der Waals surface area (Å²) in [7, 11) is 3.32. The molecular formula is C14H24N4O2. The lowest BCUT2D eigenvalue weighted by Crippen LogP contribution is -2.47. The highest BCUT2D eigenvalue weighted by molar-refractivity contribution is 5.79. The molecule has 6 nitrogen and oxygen atoms in total. The topological polar surface area (TPSA) is 80.9 Å². The highest BCUT2D eigenvalue weighted by Crippen LogP contribution is 2.12. The summed E-state index contributed by atoms with van der Waals surface area (Å²) in [5.74, 6) is 6.86. The zero-order valence-corrected chi connectivity index (χ0v) is 12.3. The first kappa shape index (κ1) is 16.3. The monoisotopic (exact) mass is 280 g/mol. The van der Waals surface area contributed by atoms with Crippen LogP contribution in [0.3, 0.4) is 0 Å². The number of rotatable bonds is 7. The highest BCUT2D eigenvalue weighted by Gasteiger charge is 2.03. The van der Waals surface area contributed by atoms with Crippen LogP contribution in [0.5, 0.6) is 5.75 Å². The molecule has 0 aliphatic rings. The molecule has 1 unspecified atom stereocenters. The molecule has 112 valence electrons. The predicted octanol–water partition coefficient (Wildman–Crippen LogP) is 0.682. The SMILES string of the molecule is COCC(C)NC(=NCCc1cccc(OC)c1)NN. The molecule has 0 saturated carbocycles. The Labute approximate surface area is 120 Å². The van der Waals surface area contributed by atoms with Crippen molar-refractivity contribution in [3.8, 4) is 5.75 Å². The van der Waals surface area contributed by atoms with E-state index < -0.39 is 0 Å². The van der Waals surface area contributed by atoms with E-state index >= 15 is 0 Å². The van der Waals surface area contributed by atoms with Crippen molar-refractivity contribution in [3.63, 3.8) is 0 Å². The average molecular weight is 280 g/mol. The second kappa shape index (κ2) is 9.17. The van der Waals surface area contributed by atoms with Gasteiger partial charge in [-0.3, -0.25) is 10.4 Å². The lowest BCUT2D eigenvalue weighted by molar-refractivity contribution is 0.179. The number of aliphatic imine (C=N–C) groups is 1. The van der Waals surface area contributed by atoms with Crippen molar-refractivity contribution in [1.29, 1.82) is 0 Å². The van der Waals surface area contributed by atoms with Crippen LogP contribution in [0.1, 0.15) is 12.5 Å². The summed E-state index contributed by atoms with van der Waals surface area (Å²) in [6, 6.07) is 8.10. The predicted molar refractivity (Wildman–Crippen MR) is 80.8 cm³/mol. The number of nitrogens with two attached hydrogens (primary N) is 1. The number of nitrogens with one attached hydrogen (secondary N) is 2. The number of methoxy groups -OCH3 is 2. The molecule has 4 N–H and O–H groups in total. The van der Waals surface area contributed by atoms with Crippen LogP contribution < -0.4 is 21.3 Å². The fourth-order valence-electron chi connectivity index (χ4n) is 1.78. The van der Waals surface area contributed by atoms with E-state index in [1.54, 1.807) is 14.2 Å². The Kier molecular flexibility index (Phi) is 7.46. The highest BCUT2D eigenvalue weighted by atomic mass is 16.5. The quantitative estimate of drug-likeness (QED) is 0.296. The van der Waals surface area contributed by atoms with Crippen LogP contribution >= 0.6 is 0 Å². The Bertz CT molecular complexity index is 423. The smallest absolute Gasteiger partial charge is 0.206 e. The molecule has 0 amide bonds. The van der Waals surface area contributed by atoms with Gasteiger partial charge in [0.1, 0.15) is 5.75 Å². The summed E-state index contributed by atoms with van der Waals surface area (Å²) in [6.45, 7) is 3.23. The van der Waals surface area contributed by atoms with Gasteiger partial charge in [0, 0.05) is 19.7 Å². The van der Waals surface area contributed by atoms with E-state index in [9.17, 15) is 0 Å². The lowest BCUT2D eigenvalue weighted by Gasteiger charge is -2.15. The van der Waals surface area contributed by atoms with Crippen LogP contribution in [-0.4, -0.2) is 39.4 Å². The van der Waals surface area contributed by atoms with Crippen LogP contribution in [0, 0.1) is 0 Å². The van der Waals surface area contributed by atoms with Crippen molar-refractivity contribution >= 4 is 5.96 Å². The van der Waals surface area contributed by atoms with Crippen LogP contribution in [0.25, 0.3) is 0 Å². The van der Waals surface area contributed by atoms with E-state index in [-0.39, 0.29) is 6.04 Å². The van der Waals surface area contributed by atoms with E-state index in [2.05, 4.69) is 21.8 Å². The van der Waals surface area contributed by atoms with Gasteiger partial charge in [0.15, 0.2) is 0 Å². The standard InChI is InChI=1S/C14H24N4O2/c1-11(10-19-2)17-14(18-15)16-8-7-12-5-4-6-13(9-12)20-3/h4-6,9,11H,7-8,10,15H2,1-3H3,(H2,16,17,18). The first-order valence-electron chi connectivity index (χ1n) is 6.59. The number of guanidine groups is 1. The number of benzene rings is 1. The molecule has 0 fully saturated rings. The second-order valence-electron chi connectivity index (χ2n) is 4.48. The number of hydrogen-bond acceptors (Lipinski definition) is 4. The Balaban J connectivity index is 2.47. The summed E-state index contributed by atoms with van der Waals surface area (Å²) in [4.78, 5) is 4.39. The molecule has 6 heteroatoms. The van der Waals surface area contributed by atoms with Gasteiger partial charge in [0.25, 0.3) is 0 Å². The molecule has 0 aliphatic heterocycles. The first-order valence-corrected chi connectivity index (χ1v) is 6.59. The fraction of sp³-hybridized carbons (Fsp3) is 0.500. The maximum Gasteiger partial charge on any atom is 0.206 e. The summed E-state index contributed by atoms with van der Waals surface area (Å²) in [6.07, 6.45) is 0.822. The molecule has 0 bridgehead atoms. The Morgan fingerprint density at radius 1 is 1.40 bits per heavy atom. The molecule has 0 saturated heterocycles. The minimum Gasteiger partial charge on any atom is -0.497 e. The van der Waals surface area contributed by atoms with Gasteiger partial charge in [0.2, 0.25) is 5.96 Å². The summed E-state index contributed by atoms with van der Waals surface area (Å²) in [5, 5.41) is 3.14. The Morgan fingerprint density at radius 2 is 2.20 bits per heavy atom. The van der Waals surface area contributed by atoms with Crippen molar-refractivity contribution in [2.45, 2.75) is 19.4 Å². The Morgan fingerprint density at radius 3 is 2.85 bits per heavy atom. The van der Waals surface area contributed by atoms with Crippen molar-refractivity contribution in [2.75, 3.05) is 27.4 Å². The third-order valence-corrected chi connectivity index (χ3v) is 2.74. The molecule has 1 rings (SSSR count). The molecular weight excluding hydrogens is 256 g/mol. The van der Waals surface area contributed by atoms with E-state index in [4.69, 9.17) is 15.3 Å². The van der Waals surface area contributed by atoms with Gasteiger partial charge in [-0.25, -0.2) is 5.84 Å². The van der Waals surface area contributed by atoms with E-state index in [1.165, 1.54) is 5.56 Å². The molecule has 20 heavy (non-hydrogen) atoms. The lowest BCUT2D eigenvalue weighted by atomic mass is 10.1. The first-order chi connectivity index (χ1) is 9.69. The zero-order chi connectivity index (χ0) is 14.8. The Hall–Kier alpha value is -1.79. The van der Waals surface area contributed by atoms with Crippen molar-refractivity contribution in [1.82, 2.24) is 10.7 Å². The average Bonchev–Trinajstić information content (AvgIpc) is 2.46. The van der Waals surface area contributed by atoms with E-state index in [1.807, 2.05) is 25.1 Å². The van der Waals surface area contributed by atoms with Gasteiger partial charge in [-0.2, -0.15) is 0 Å². The second-order valence-corrected chi connectivity index (χ2v) is 4.48. The van der Waals surface area contributed by atoms with Gasteiger partial charge in [-0.05, 0) is 31.0 Å². The molecule has 0 heterocycles. The molecule has 1 aromatic rings. The van der Waals surface area contributed by atoms with Gasteiger partial charge in [-0.1, -0.05) is 12.1 Å². The number of nitrogens with zero attached hydrogens (tertiary/aromatic N) is 1. The molecule has 1 atom stereocenters. The molecule has 1 aromatic carbocycles. The van der Waals surface area contributed by atoms with Crippen LogP contribution in [0.4, 0.5) is 0 Å². The number of hydrazine groups is 1. The van der Waals surface area contributed by atoms with E-state index in [0.717, 1.165) is 12.2 Å². The minimum absolute atomic E-state index is 0.145. The third-order valence-electron chi connectivity index (χ3n) is 2.74. The van der Waals surface area contributed by atoms with Crippen LogP contribution in [0.2, 0.25) is 0 Å². The number of ether oxygens (including phenoxy) is 2. The zero-order valence-electron chi connectivity index (χ0n) is 12.3. The maximum absolute atomic E-state index is 5.44. The molecule has 0 radical (unpaired) electrons. The summed E-state index contributed by atoms with van der Waals surface area (Å²) >= 11 is 0. The van der Waals surface area contributed by atoms with Crippen molar-refractivity contribution in [3.05, 3.63) is 29.8 Å². The van der Waals surface area contributed by atoms with Crippen LogP contribution in [-0.2, 0) is 11.2 Å². The summed E-state index contributed by atoms with van der Waals surface area (Å²) in [5.41, 5.74) is 3.73. The summed E-state index contributed by atoms with van der Waals surface area (Å²) < 4.78 is 10.2. The number of hydrogen-bond donors (Lipinski definition) is 3. The van der Waals surface area contributed by atoms with Gasteiger partial charge >= 0.3 is 0 Å². The normalized spacial score (nSPS) is 12.9. The van der Waals surface area contributed by atoms with E-state index in [0.29, 0.717) is 19.1 Å². The van der Waals surface area contributed by atoms with Crippen molar-refractivity contribution < 1.29 is 9.47 Å². The molecule has 0 aliphatic carbocycles. The van der Waals surface area contributed by atoms with Crippen LogP contribution in [0.15, 0.2) is 29.3 Å². The maximum atomic E-state index is 5.44. The van der Waals surface area contributed by atoms with Gasteiger partial charge in [0.05, 0.1) is 13.7 Å². The van der Waals surface area contributed by atoms with Crippen molar-refractivity contribution in [2.24, 2.45) is 10.8 Å². The van der Waals surface area contributed by atoms with Gasteiger partial charge < -0.3 is 14.8 Å². The fourth-order valence-corrected chi connectivity index (χ4v) is 1.78.